The van der Waals surface area contributed by atoms with Gasteiger partial charge in [0.05, 0.1) is 10.7 Å². The summed E-state index contributed by atoms with van der Waals surface area (Å²) in [5, 5.41) is 8.28. The van der Waals surface area contributed by atoms with Crippen LogP contribution in [0.25, 0.3) is 0 Å². The van der Waals surface area contributed by atoms with E-state index in [0.717, 1.165) is 42.4 Å². The highest BCUT2D eigenvalue weighted by molar-refractivity contribution is 7.09. The molecular formula is C18H22ClN3OS. The fraction of sp³-hybridized carbons (Fsp3) is 0.444. The van der Waals surface area contributed by atoms with Crippen molar-refractivity contribution in [1.82, 2.24) is 9.88 Å². The normalized spacial score (nSPS) is 19.4. The van der Waals surface area contributed by atoms with E-state index >= 15 is 0 Å². The molecule has 0 amide bonds. The largest absolute Gasteiger partial charge is 0.399 e. The minimum atomic E-state index is 0.567. The van der Waals surface area contributed by atoms with Gasteiger partial charge in [0, 0.05) is 42.0 Å². The highest BCUT2D eigenvalue weighted by atomic mass is 35.5. The number of rotatable bonds is 6. The zero-order chi connectivity index (χ0) is 16.8. The fourth-order valence-corrected chi connectivity index (χ4v) is 4.05. The Balaban J connectivity index is 1.60. The van der Waals surface area contributed by atoms with E-state index in [1.165, 1.54) is 17.8 Å². The number of oxime groups is 1. The van der Waals surface area contributed by atoms with Gasteiger partial charge in [-0.3, -0.25) is 0 Å². The van der Waals surface area contributed by atoms with E-state index in [1.807, 2.05) is 30.5 Å². The predicted molar refractivity (Wildman–Crippen MR) is 100 cm³/mol. The van der Waals surface area contributed by atoms with Gasteiger partial charge in [-0.05, 0) is 37.1 Å². The third kappa shape index (κ3) is 4.56. The van der Waals surface area contributed by atoms with Crippen LogP contribution < -0.4 is 0 Å². The summed E-state index contributed by atoms with van der Waals surface area (Å²) >= 11 is 7.74. The molecule has 1 atom stereocenters. The van der Waals surface area contributed by atoms with Gasteiger partial charge in [0.15, 0.2) is 0 Å². The molecule has 2 aromatic rings. The minimum absolute atomic E-state index is 0.567. The van der Waals surface area contributed by atoms with Crippen LogP contribution in [0.15, 0.2) is 41.0 Å². The quantitative estimate of drug-likeness (QED) is 0.563. The summed E-state index contributed by atoms with van der Waals surface area (Å²) < 4.78 is 0. The van der Waals surface area contributed by atoms with Crippen molar-refractivity contribution in [3.05, 3.63) is 51.4 Å². The van der Waals surface area contributed by atoms with Crippen LogP contribution in [-0.4, -0.2) is 42.3 Å². The van der Waals surface area contributed by atoms with Gasteiger partial charge in [0.1, 0.15) is 7.11 Å². The van der Waals surface area contributed by atoms with E-state index in [9.17, 15) is 0 Å². The van der Waals surface area contributed by atoms with E-state index in [4.69, 9.17) is 16.4 Å². The highest BCUT2D eigenvalue weighted by Crippen LogP contribution is 2.28. The van der Waals surface area contributed by atoms with Crippen molar-refractivity contribution >= 4 is 28.6 Å². The van der Waals surface area contributed by atoms with Crippen molar-refractivity contribution in [3.8, 4) is 0 Å². The van der Waals surface area contributed by atoms with Crippen LogP contribution in [0, 0.1) is 0 Å². The van der Waals surface area contributed by atoms with Gasteiger partial charge < -0.3 is 9.74 Å². The number of thiazole rings is 1. The van der Waals surface area contributed by atoms with Crippen molar-refractivity contribution < 1.29 is 4.84 Å². The lowest BCUT2D eigenvalue weighted by atomic mass is 9.98. The summed E-state index contributed by atoms with van der Waals surface area (Å²) in [5.74, 6) is 0.567. The number of halogens is 1. The van der Waals surface area contributed by atoms with E-state index < -0.39 is 0 Å². The second-order valence-electron chi connectivity index (χ2n) is 5.99. The molecule has 128 valence electrons. The fourth-order valence-electron chi connectivity index (χ4n) is 3.16. The SMILES string of the molecule is CO/N=C(\CCN1CCCC(c2nccs2)C1)c1ccc(Cl)cc1. The lowest BCUT2D eigenvalue weighted by Gasteiger charge is -2.31. The van der Waals surface area contributed by atoms with Crippen LogP contribution in [0.3, 0.4) is 0 Å². The Labute approximate surface area is 152 Å². The first kappa shape index (κ1) is 17.4. The summed E-state index contributed by atoms with van der Waals surface area (Å²) in [4.78, 5) is 12.0. The molecule has 1 saturated heterocycles. The van der Waals surface area contributed by atoms with E-state index in [0.29, 0.717) is 5.92 Å². The third-order valence-corrected chi connectivity index (χ3v) is 5.54. The summed E-state index contributed by atoms with van der Waals surface area (Å²) in [7, 11) is 1.59. The van der Waals surface area contributed by atoms with Gasteiger partial charge in [-0.2, -0.15) is 0 Å². The molecule has 1 aliphatic rings. The zero-order valence-electron chi connectivity index (χ0n) is 13.8. The topological polar surface area (TPSA) is 37.7 Å². The Hall–Kier alpha value is -1.43. The summed E-state index contributed by atoms with van der Waals surface area (Å²) in [6.07, 6.45) is 5.23. The maximum Gasteiger partial charge on any atom is 0.106 e. The van der Waals surface area contributed by atoms with Crippen LogP contribution in [0.2, 0.25) is 5.02 Å². The molecule has 0 aliphatic carbocycles. The summed E-state index contributed by atoms with van der Waals surface area (Å²) in [6.45, 7) is 3.20. The number of nitrogens with zero attached hydrogens (tertiary/aromatic N) is 3. The standard InChI is InChI=1S/C18H22ClN3OS/c1-23-21-17(14-4-6-16(19)7-5-14)8-11-22-10-2-3-15(13-22)18-20-9-12-24-18/h4-7,9,12,15H,2-3,8,10-11,13H2,1H3/b21-17+. The van der Waals surface area contributed by atoms with Crippen molar-refractivity contribution in [2.75, 3.05) is 26.7 Å². The number of hydrogen-bond acceptors (Lipinski definition) is 5. The first-order chi connectivity index (χ1) is 11.8. The Morgan fingerprint density at radius 1 is 1.42 bits per heavy atom. The van der Waals surface area contributed by atoms with Gasteiger partial charge in [-0.1, -0.05) is 28.9 Å². The first-order valence-corrected chi connectivity index (χ1v) is 9.49. The number of aromatic nitrogens is 1. The smallest absolute Gasteiger partial charge is 0.106 e. The Bertz CT molecular complexity index is 657. The maximum atomic E-state index is 5.97. The van der Waals surface area contributed by atoms with E-state index in [1.54, 1.807) is 18.4 Å². The highest BCUT2D eigenvalue weighted by Gasteiger charge is 2.23. The molecule has 0 N–H and O–H groups in total. The Kier molecular flexibility index (Phi) is 6.24. The Morgan fingerprint density at radius 3 is 2.96 bits per heavy atom. The second-order valence-corrected chi connectivity index (χ2v) is 7.35. The van der Waals surface area contributed by atoms with Gasteiger partial charge in [-0.25, -0.2) is 4.98 Å². The molecule has 1 aromatic carbocycles. The van der Waals surface area contributed by atoms with Crippen LogP contribution in [0.1, 0.15) is 35.8 Å². The lowest BCUT2D eigenvalue weighted by molar-refractivity contribution is 0.203. The third-order valence-electron chi connectivity index (χ3n) is 4.35. The number of likely N-dealkylation sites (tertiary alicyclic amines) is 1. The molecule has 0 bridgehead atoms. The molecular weight excluding hydrogens is 342 g/mol. The first-order valence-electron chi connectivity index (χ1n) is 8.24. The van der Waals surface area contributed by atoms with Crippen LogP contribution in [0.4, 0.5) is 0 Å². The molecule has 0 saturated carbocycles. The molecule has 1 aliphatic heterocycles. The van der Waals surface area contributed by atoms with Crippen LogP contribution >= 0.6 is 22.9 Å². The average Bonchev–Trinajstić information content (AvgIpc) is 3.14. The second kappa shape index (κ2) is 8.60. The Morgan fingerprint density at radius 2 is 2.25 bits per heavy atom. The lowest BCUT2D eigenvalue weighted by Crippen LogP contribution is -2.35. The van der Waals surface area contributed by atoms with Crippen LogP contribution in [0.5, 0.6) is 0 Å². The minimum Gasteiger partial charge on any atom is -0.399 e. The molecule has 0 spiro atoms. The molecule has 3 rings (SSSR count). The zero-order valence-corrected chi connectivity index (χ0v) is 15.4. The summed E-state index contributed by atoms with van der Waals surface area (Å²) in [6, 6.07) is 7.77. The van der Waals surface area contributed by atoms with Gasteiger partial charge in [0.25, 0.3) is 0 Å². The molecule has 6 heteroatoms. The number of piperidine rings is 1. The molecule has 1 aromatic heterocycles. The van der Waals surface area contributed by atoms with Crippen molar-refractivity contribution in [2.45, 2.75) is 25.2 Å². The molecule has 1 unspecified atom stereocenters. The predicted octanol–water partition coefficient (Wildman–Crippen LogP) is 4.42. The van der Waals surface area contributed by atoms with Gasteiger partial charge in [0.2, 0.25) is 0 Å². The van der Waals surface area contributed by atoms with E-state index in [2.05, 4.69) is 20.4 Å². The van der Waals surface area contributed by atoms with Crippen molar-refractivity contribution in [3.63, 3.8) is 0 Å². The molecule has 1 fully saturated rings. The van der Waals surface area contributed by atoms with Gasteiger partial charge >= 0.3 is 0 Å². The average molecular weight is 364 g/mol. The number of hydrogen-bond donors (Lipinski definition) is 0. The van der Waals surface area contributed by atoms with Crippen molar-refractivity contribution in [2.24, 2.45) is 5.16 Å². The number of benzene rings is 1. The summed E-state index contributed by atoms with van der Waals surface area (Å²) in [5.41, 5.74) is 2.03. The maximum absolute atomic E-state index is 5.97. The molecule has 4 nitrogen and oxygen atoms in total. The molecule has 0 radical (unpaired) electrons. The van der Waals surface area contributed by atoms with Crippen LogP contribution in [-0.2, 0) is 4.84 Å². The van der Waals surface area contributed by atoms with Gasteiger partial charge in [-0.15, -0.1) is 11.3 Å². The molecule has 2 heterocycles. The van der Waals surface area contributed by atoms with E-state index in [-0.39, 0.29) is 0 Å². The van der Waals surface area contributed by atoms with Crippen molar-refractivity contribution in [1.29, 1.82) is 0 Å². The molecule has 24 heavy (non-hydrogen) atoms. The monoisotopic (exact) mass is 363 g/mol.